The van der Waals surface area contributed by atoms with E-state index in [2.05, 4.69) is 5.16 Å². The SMILES string of the molecule is CC(C)(C)OC(=O)C[C@@H]1CC[C@@H](/C(N)=N/O)OC1. The van der Waals surface area contributed by atoms with Crippen LogP contribution in [-0.4, -0.2) is 35.3 Å². The van der Waals surface area contributed by atoms with Crippen LogP contribution in [0.3, 0.4) is 0 Å². The lowest BCUT2D eigenvalue weighted by atomic mass is 9.95. The molecule has 1 heterocycles. The van der Waals surface area contributed by atoms with E-state index in [1.54, 1.807) is 0 Å². The molecule has 6 nitrogen and oxygen atoms in total. The van der Waals surface area contributed by atoms with E-state index in [1.165, 1.54) is 0 Å². The van der Waals surface area contributed by atoms with Crippen molar-refractivity contribution in [1.82, 2.24) is 0 Å². The van der Waals surface area contributed by atoms with Gasteiger partial charge in [-0.1, -0.05) is 5.16 Å². The van der Waals surface area contributed by atoms with Crippen molar-refractivity contribution >= 4 is 11.8 Å². The summed E-state index contributed by atoms with van der Waals surface area (Å²) in [7, 11) is 0. The van der Waals surface area contributed by atoms with Gasteiger partial charge in [0.15, 0.2) is 5.84 Å². The number of esters is 1. The van der Waals surface area contributed by atoms with Crippen molar-refractivity contribution in [3.63, 3.8) is 0 Å². The molecule has 1 aliphatic rings. The Hall–Kier alpha value is -1.30. The van der Waals surface area contributed by atoms with Crippen molar-refractivity contribution in [2.45, 2.75) is 51.7 Å². The molecule has 3 N–H and O–H groups in total. The van der Waals surface area contributed by atoms with Crippen LogP contribution < -0.4 is 5.73 Å². The second-order valence-corrected chi connectivity index (χ2v) is 5.58. The first kappa shape index (κ1) is 14.8. The maximum atomic E-state index is 11.6. The standard InChI is InChI=1S/C12H22N2O4/c1-12(2,3)18-10(15)6-8-4-5-9(17-7-8)11(13)14-16/h8-9,16H,4-7H2,1-3H3,(H2,13,14)/t8-,9-/m0/s1. The number of carbonyl (C=O) groups excluding carboxylic acids is 1. The molecule has 1 aliphatic heterocycles. The van der Waals surface area contributed by atoms with Gasteiger partial charge in [0, 0.05) is 0 Å². The second kappa shape index (κ2) is 6.04. The minimum Gasteiger partial charge on any atom is -0.460 e. The number of hydrogen-bond donors (Lipinski definition) is 2. The molecule has 104 valence electrons. The molecule has 0 aromatic carbocycles. The summed E-state index contributed by atoms with van der Waals surface area (Å²) in [6, 6.07) is 0. The molecule has 18 heavy (non-hydrogen) atoms. The molecule has 1 fully saturated rings. The van der Waals surface area contributed by atoms with Gasteiger partial charge in [0.1, 0.15) is 11.7 Å². The Kier molecular flexibility index (Phi) is 4.95. The maximum Gasteiger partial charge on any atom is 0.306 e. The first-order chi connectivity index (χ1) is 8.31. The van der Waals surface area contributed by atoms with E-state index in [4.69, 9.17) is 20.4 Å². The fourth-order valence-corrected chi connectivity index (χ4v) is 1.88. The van der Waals surface area contributed by atoms with Crippen LogP contribution in [0, 0.1) is 5.92 Å². The third-order valence-electron chi connectivity index (χ3n) is 2.69. The number of nitrogens with two attached hydrogens (primary N) is 1. The summed E-state index contributed by atoms with van der Waals surface area (Å²) in [5, 5.41) is 11.5. The van der Waals surface area contributed by atoms with E-state index in [0.29, 0.717) is 19.4 Å². The lowest BCUT2D eigenvalue weighted by molar-refractivity contribution is -0.157. The van der Waals surface area contributed by atoms with Crippen LogP contribution in [0.1, 0.15) is 40.0 Å². The number of hydrogen-bond acceptors (Lipinski definition) is 5. The largest absolute Gasteiger partial charge is 0.460 e. The summed E-state index contributed by atoms with van der Waals surface area (Å²) in [5.41, 5.74) is 5.01. The minimum absolute atomic E-state index is 0.0886. The van der Waals surface area contributed by atoms with E-state index in [0.717, 1.165) is 6.42 Å². The van der Waals surface area contributed by atoms with Gasteiger partial charge in [-0.3, -0.25) is 4.79 Å². The van der Waals surface area contributed by atoms with Gasteiger partial charge < -0.3 is 20.4 Å². The van der Waals surface area contributed by atoms with Crippen LogP contribution in [-0.2, 0) is 14.3 Å². The highest BCUT2D eigenvalue weighted by Gasteiger charge is 2.27. The quantitative estimate of drug-likeness (QED) is 0.261. The van der Waals surface area contributed by atoms with Gasteiger partial charge in [0.25, 0.3) is 0 Å². The first-order valence-corrected chi connectivity index (χ1v) is 6.12. The van der Waals surface area contributed by atoms with Crippen molar-refractivity contribution < 1.29 is 19.5 Å². The summed E-state index contributed by atoms with van der Waals surface area (Å²) >= 11 is 0. The molecule has 0 aliphatic carbocycles. The van der Waals surface area contributed by atoms with Crippen molar-refractivity contribution in [3.8, 4) is 0 Å². The van der Waals surface area contributed by atoms with Gasteiger partial charge >= 0.3 is 5.97 Å². The molecule has 0 amide bonds. The lowest BCUT2D eigenvalue weighted by Gasteiger charge is -2.28. The zero-order valence-corrected chi connectivity index (χ0v) is 11.2. The van der Waals surface area contributed by atoms with Gasteiger partial charge in [-0.25, -0.2) is 0 Å². The van der Waals surface area contributed by atoms with Crippen LogP contribution in [0.2, 0.25) is 0 Å². The highest BCUT2D eigenvalue weighted by atomic mass is 16.6. The van der Waals surface area contributed by atoms with E-state index >= 15 is 0 Å². The first-order valence-electron chi connectivity index (χ1n) is 6.12. The molecule has 1 saturated heterocycles. The molecule has 0 saturated carbocycles. The normalized spacial score (nSPS) is 25.8. The lowest BCUT2D eigenvalue weighted by Crippen LogP contribution is -2.38. The van der Waals surface area contributed by atoms with Crippen LogP contribution in [0.4, 0.5) is 0 Å². The molecule has 6 heteroatoms. The molecule has 2 atom stereocenters. The van der Waals surface area contributed by atoms with E-state index in [1.807, 2.05) is 20.8 Å². The van der Waals surface area contributed by atoms with Crippen LogP contribution in [0.25, 0.3) is 0 Å². The molecule has 0 unspecified atom stereocenters. The van der Waals surface area contributed by atoms with Crippen LogP contribution in [0.15, 0.2) is 5.16 Å². The van der Waals surface area contributed by atoms with Gasteiger partial charge in [-0.15, -0.1) is 0 Å². The van der Waals surface area contributed by atoms with Crippen molar-refractivity contribution in [1.29, 1.82) is 0 Å². The Bertz CT molecular complexity index is 315. The fraction of sp³-hybridized carbons (Fsp3) is 0.833. The summed E-state index contributed by atoms with van der Waals surface area (Å²) < 4.78 is 10.7. The van der Waals surface area contributed by atoms with E-state index < -0.39 is 5.60 Å². The van der Waals surface area contributed by atoms with Crippen LogP contribution >= 0.6 is 0 Å². The molecule has 0 bridgehead atoms. The summed E-state index contributed by atoms with van der Waals surface area (Å²) in [6.45, 7) is 5.96. The number of nitrogens with zero attached hydrogens (tertiary/aromatic N) is 1. The third kappa shape index (κ3) is 4.91. The minimum atomic E-state index is -0.455. The summed E-state index contributed by atoms with van der Waals surface area (Å²) in [5.74, 6) is 0.0201. The highest BCUT2D eigenvalue weighted by molar-refractivity contribution is 5.84. The zero-order chi connectivity index (χ0) is 13.8. The highest BCUT2D eigenvalue weighted by Crippen LogP contribution is 2.23. The number of ether oxygens (including phenoxy) is 2. The van der Waals surface area contributed by atoms with Gasteiger partial charge in [0.05, 0.1) is 13.0 Å². The Morgan fingerprint density at radius 2 is 2.17 bits per heavy atom. The predicted octanol–water partition coefficient (Wildman–Crippen LogP) is 1.26. The Balaban J connectivity index is 2.34. The summed E-state index contributed by atoms with van der Waals surface area (Å²) in [4.78, 5) is 11.6. The molecule has 0 spiro atoms. The number of carbonyl (C=O) groups is 1. The molecule has 1 rings (SSSR count). The van der Waals surface area contributed by atoms with Crippen molar-refractivity contribution in [2.75, 3.05) is 6.61 Å². The monoisotopic (exact) mass is 258 g/mol. The molecule has 0 radical (unpaired) electrons. The Morgan fingerprint density at radius 1 is 1.50 bits per heavy atom. The number of rotatable bonds is 3. The topological polar surface area (TPSA) is 94.1 Å². The second-order valence-electron chi connectivity index (χ2n) is 5.58. The summed E-state index contributed by atoms with van der Waals surface area (Å²) in [6.07, 6.45) is 1.47. The van der Waals surface area contributed by atoms with Crippen LogP contribution in [0.5, 0.6) is 0 Å². The van der Waals surface area contributed by atoms with Gasteiger partial charge in [-0.05, 0) is 39.5 Å². The van der Waals surface area contributed by atoms with Crippen molar-refractivity contribution in [3.05, 3.63) is 0 Å². The molecule has 0 aromatic heterocycles. The fourth-order valence-electron chi connectivity index (χ4n) is 1.88. The third-order valence-corrected chi connectivity index (χ3v) is 2.69. The van der Waals surface area contributed by atoms with Crippen molar-refractivity contribution in [2.24, 2.45) is 16.8 Å². The smallest absolute Gasteiger partial charge is 0.306 e. The molecule has 0 aromatic rings. The predicted molar refractivity (Wildman–Crippen MR) is 66.3 cm³/mol. The Morgan fingerprint density at radius 3 is 2.61 bits per heavy atom. The number of amidine groups is 1. The number of oxime groups is 1. The van der Waals surface area contributed by atoms with Gasteiger partial charge in [-0.2, -0.15) is 0 Å². The zero-order valence-electron chi connectivity index (χ0n) is 11.2. The van der Waals surface area contributed by atoms with E-state index in [9.17, 15) is 4.79 Å². The molecular weight excluding hydrogens is 236 g/mol. The van der Waals surface area contributed by atoms with Gasteiger partial charge in [0.2, 0.25) is 0 Å². The molecular formula is C12H22N2O4. The maximum absolute atomic E-state index is 11.6. The Labute approximate surface area is 107 Å². The average Bonchev–Trinajstić information content (AvgIpc) is 2.26. The van der Waals surface area contributed by atoms with E-state index in [-0.39, 0.29) is 23.8 Å². The average molecular weight is 258 g/mol.